The molecule has 0 aliphatic rings. The van der Waals surface area contributed by atoms with E-state index in [1.165, 1.54) is 6.08 Å². The molecule has 0 aromatic rings. The lowest BCUT2D eigenvalue weighted by Gasteiger charge is -2.03. The van der Waals surface area contributed by atoms with Crippen molar-refractivity contribution in [2.45, 2.75) is 19.4 Å². The highest BCUT2D eigenvalue weighted by Crippen LogP contribution is 1.94. The lowest BCUT2D eigenvalue weighted by molar-refractivity contribution is -0.144. The van der Waals surface area contributed by atoms with Crippen molar-refractivity contribution in [2.24, 2.45) is 0 Å². The van der Waals surface area contributed by atoms with E-state index in [1.807, 2.05) is 0 Å². The van der Waals surface area contributed by atoms with Crippen LogP contribution in [0, 0.1) is 0 Å². The van der Waals surface area contributed by atoms with Gasteiger partial charge < -0.3 is 9.84 Å². The number of rotatable bonds is 4. The number of esters is 1. The summed E-state index contributed by atoms with van der Waals surface area (Å²) in [6, 6.07) is 0. The summed E-state index contributed by atoms with van der Waals surface area (Å²) >= 11 is 0. The van der Waals surface area contributed by atoms with Crippen molar-refractivity contribution >= 4 is 5.97 Å². The number of aliphatic hydroxyl groups is 1. The predicted molar refractivity (Wildman–Crippen MR) is 37.5 cm³/mol. The van der Waals surface area contributed by atoms with E-state index in [1.54, 1.807) is 6.92 Å². The summed E-state index contributed by atoms with van der Waals surface area (Å²) in [5, 5.41) is 8.84. The minimum atomic E-state index is -0.779. The molecule has 10 heavy (non-hydrogen) atoms. The number of aliphatic hydroxyl groups excluding tert-OH is 1. The first-order valence-electron chi connectivity index (χ1n) is 3.17. The molecule has 0 fully saturated rings. The molecule has 0 rings (SSSR count). The van der Waals surface area contributed by atoms with Gasteiger partial charge in [-0.1, -0.05) is 6.08 Å². The van der Waals surface area contributed by atoms with Gasteiger partial charge in [0.05, 0.1) is 19.1 Å². The van der Waals surface area contributed by atoms with Crippen molar-refractivity contribution in [2.75, 3.05) is 6.61 Å². The molecule has 0 amide bonds. The van der Waals surface area contributed by atoms with E-state index >= 15 is 0 Å². The molecule has 0 aromatic heterocycles. The molecule has 0 saturated carbocycles. The molecule has 1 N–H and O–H groups in total. The summed E-state index contributed by atoms with van der Waals surface area (Å²) in [6.45, 7) is 5.39. The summed E-state index contributed by atoms with van der Waals surface area (Å²) in [5.74, 6) is -0.394. The fraction of sp³-hybridized carbons (Fsp3) is 0.571. The molecule has 0 heterocycles. The van der Waals surface area contributed by atoms with Crippen molar-refractivity contribution < 1.29 is 14.6 Å². The zero-order chi connectivity index (χ0) is 7.98. The van der Waals surface area contributed by atoms with Gasteiger partial charge in [-0.25, -0.2) is 0 Å². The fourth-order valence-electron chi connectivity index (χ4n) is 0.474. The molecule has 0 bridgehead atoms. The van der Waals surface area contributed by atoms with Crippen LogP contribution in [-0.2, 0) is 9.53 Å². The van der Waals surface area contributed by atoms with Gasteiger partial charge in [-0.15, -0.1) is 6.58 Å². The van der Waals surface area contributed by atoms with Crippen LogP contribution in [-0.4, -0.2) is 23.8 Å². The second-order valence-electron chi connectivity index (χ2n) is 1.81. The lowest BCUT2D eigenvalue weighted by atomic mass is 10.2. The summed E-state index contributed by atoms with van der Waals surface area (Å²) in [4.78, 5) is 10.6. The highest BCUT2D eigenvalue weighted by Gasteiger charge is 2.06. The SMILES string of the molecule is C=C[C@@H](O)CC(=O)OCC. The van der Waals surface area contributed by atoms with Gasteiger partial charge >= 0.3 is 5.97 Å². The Bertz CT molecular complexity index is 120. The Morgan fingerprint density at radius 2 is 2.50 bits per heavy atom. The molecular formula is C7H12O3. The molecule has 0 unspecified atom stereocenters. The van der Waals surface area contributed by atoms with Crippen LogP contribution in [0.2, 0.25) is 0 Å². The lowest BCUT2D eigenvalue weighted by Crippen LogP contribution is -2.12. The second-order valence-corrected chi connectivity index (χ2v) is 1.81. The Morgan fingerprint density at radius 1 is 1.90 bits per heavy atom. The summed E-state index contributed by atoms with van der Waals surface area (Å²) in [7, 11) is 0. The minimum Gasteiger partial charge on any atom is -0.466 e. The van der Waals surface area contributed by atoms with E-state index < -0.39 is 12.1 Å². The van der Waals surface area contributed by atoms with Crippen LogP contribution in [0.5, 0.6) is 0 Å². The zero-order valence-electron chi connectivity index (χ0n) is 6.04. The Hall–Kier alpha value is -0.830. The molecule has 58 valence electrons. The monoisotopic (exact) mass is 144 g/mol. The molecule has 0 radical (unpaired) electrons. The number of ether oxygens (including phenoxy) is 1. The Balaban J connectivity index is 3.46. The Morgan fingerprint density at radius 3 is 2.90 bits per heavy atom. The second kappa shape index (κ2) is 4.99. The van der Waals surface area contributed by atoms with Gasteiger partial charge in [0.1, 0.15) is 0 Å². The molecule has 0 aliphatic carbocycles. The van der Waals surface area contributed by atoms with Crippen LogP contribution in [0.3, 0.4) is 0 Å². The van der Waals surface area contributed by atoms with Crippen LogP contribution < -0.4 is 0 Å². The number of hydrogen-bond acceptors (Lipinski definition) is 3. The summed E-state index contributed by atoms with van der Waals surface area (Å²) in [6.07, 6.45) is 0.521. The molecule has 0 aromatic carbocycles. The standard InChI is InChI=1S/C7H12O3/c1-3-6(8)5-7(9)10-4-2/h3,6,8H,1,4-5H2,2H3/t6-/m1/s1. The number of hydrogen-bond donors (Lipinski definition) is 1. The molecule has 3 nitrogen and oxygen atoms in total. The van der Waals surface area contributed by atoms with E-state index in [0.29, 0.717) is 6.61 Å². The summed E-state index contributed by atoms with van der Waals surface area (Å²) in [5.41, 5.74) is 0. The first kappa shape index (κ1) is 9.17. The maximum absolute atomic E-state index is 10.6. The molecule has 1 atom stereocenters. The van der Waals surface area contributed by atoms with Crippen molar-refractivity contribution in [1.82, 2.24) is 0 Å². The topological polar surface area (TPSA) is 46.5 Å². The van der Waals surface area contributed by atoms with E-state index in [4.69, 9.17) is 5.11 Å². The Labute approximate surface area is 60.3 Å². The molecule has 0 aliphatic heterocycles. The minimum absolute atomic E-state index is 0.00264. The quantitative estimate of drug-likeness (QED) is 0.461. The smallest absolute Gasteiger partial charge is 0.308 e. The first-order valence-corrected chi connectivity index (χ1v) is 3.17. The van der Waals surface area contributed by atoms with Gasteiger partial charge in [0.2, 0.25) is 0 Å². The largest absolute Gasteiger partial charge is 0.466 e. The van der Waals surface area contributed by atoms with Gasteiger partial charge in [-0.3, -0.25) is 4.79 Å². The summed E-state index contributed by atoms with van der Waals surface area (Å²) < 4.78 is 4.57. The molecule has 0 saturated heterocycles. The van der Waals surface area contributed by atoms with E-state index in [9.17, 15) is 4.79 Å². The van der Waals surface area contributed by atoms with Crippen LogP contribution in [0.1, 0.15) is 13.3 Å². The third kappa shape index (κ3) is 4.09. The average Bonchev–Trinajstić information content (AvgIpc) is 1.88. The maximum atomic E-state index is 10.6. The van der Waals surface area contributed by atoms with Crippen LogP contribution in [0.4, 0.5) is 0 Å². The van der Waals surface area contributed by atoms with E-state index in [2.05, 4.69) is 11.3 Å². The van der Waals surface area contributed by atoms with Crippen LogP contribution in [0.25, 0.3) is 0 Å². The highest BCUT2D eigenvalue weighted by atomic mass is 16.5. The van der Waals surface area contributed by atoms with Crippen molar-refractivity contribution in [3.05, 3.63) is 12.7 Å². The third-order valence-electron chi connectivity index (χ3n) is 0.953. The average molecular weight is 144 g/mol. The van der Waals surface area contributed by atoms with Gasteiger partial charge in [0.25, 0.3) is 0 Å². The fourth-order valence-corrected chi connectivity index (χ4v) is 0.474. The normalized spacial score (nSPS) is 12.2. The van der Waals surface area contributed by atoms with E-state index in [0.717, 1.165) is 0 Å². The van der Waals surface area contributed by atoms with Gasteiger partial charge in [-0.05, 0) is 6.92 Å². The molecular weight excluding hydrogens is 132 g/mol. The molecule has 0 spiro atoms. The van der Waals surface area contributed by atoms with Crippen LogP contribution in [0.15, 0.2) is 12.7 Å². The van der Waals surface area contributed by atoms with Gasteiger partial charge in [0, 0.05) is 0 Å². The molecule has 3 heteroatoms. The number of carbonyl (C=O) groups is 1. The van der Waals surface area contributed by atoms with Crippen molar-refractivity contribution in [3.63, 3.8) is 0 Å². The van der Waals surface area contributed by atoms with E-state index in [-0.39, 0.29) is 6.42 Å². The highest BCUT2D eigenvalue weighted by molar-refractivity contribution is 5.70. The van der Waals surface area contributed by atoms with Crippen molar-refractivity contribution in [3.8, 4) is 0 Å². The maximum Gasteiger partial charge on any atom is 0.308 e. The van der Waals surface area contributed by atoms with Gasteiger partial charge in [-0.2, -0.15) is 0 Å². The van der Waals surface area contributed by atoms with Crippen molar-refractivity contribution in [1.29, 1.82) is 0 Å². The zero-order valence-corrected chi connectivity index (χ0v) is 6.04. The predicted octanol–water partition coefficient (Wildman–Crippen LogP) is 0.486. The first-order chi connectivity index (χ1) is 4.70. The van der Waals surface area contributed by atoms with Crippen LogP contribution >= 0.6 is 0 Å². The van der Waals surface area contributed by atoms with Gasteiger partial charge in [0.15, 0.2) is 0 Å². The number of carbonyl (C=O) groups excluding carboxylic acids is 1. The third-order valence-corrected chi connectivity index (χ3v) is 0.953. The Kier molecular flexibility index (Phi) is 4.58.